The summed E-state index contributed by atoms with van der Waals surface area (Å²) in [5.41, 5.74) is 1.40. The molecule has 0 bridgehead atoms. The molecule has 0 aliphatic rings. The Morgan fingerprint density at radius 3 is 2.30 bits per heavy atom. The maximum absolute atomic E-state index is 9.84. The SMILES string of the molecule is OCCOc1ccccc1-c1nc(O)nc(-c2ccccc2)n1. The highest BCUT2D eigenvalue weighted by molar-refractivity contribution is 5.66. The van der Waals surface area contributed by atoms with Crippen LogP contribution in [0.3, 0.4) is 0 Å². The number of ether oxygens (including phenoxy) is 1. The minimum atomic E-state index is -0.356. The zero-order valence-electron chi connectivity index (χ0n) is 12.3. The summed E-state index contributed by atoms with van der Waals surface area (Å²) in [5.74, 6) is 1.22. The van der Waals surface area contributed by atoms with Crippen LogP contribution in [0.5, 0.6) is 11.8 Å². The number of aliphatic hydroxyl groups is 1. The van der Waals surface area contributed by atoms with E-state index in [4.69, 9.17) is 9.84 Å². The third-order valence-electron chi connectivity index (χ3n) is 3.13. The van der Waals surface area contributed by atoms with Crippen molar-refractivity contribution in [2.75, 3.05) is 13.2 Å². The number of aliphatic hydroxyl groups excluding tert-OH is 1. The van der Waals surface area contributed by atoms with E-state index in [1.165, 1.54) is 0 Å². The molecule has 6 heteroatoms. The molecule has 0 atom stereocenters. The van der Waals surface area contributed by atoms with Crippen LogP contribution in [-0.2, 0) is 0 Å². The maximum atomic E-state index is 9.84. The monoisotopic (exact) mass is 309 g/mol. The number of rotatable bonds is 5. The molecule has 3 aromatic rings. The van der Waals surface area contributed by atoms with Crippen LogP contribution in [0.2, 0.25) is 0 Å². The number of para-hydroxylation sites is 1. The van der Waals surface area contributed by atoms with E-state index in [0.717, 1.165) is 5.56 Å². The smallest absolute Gasteiger partial charge is 0.318 e. The molecule has 3 rings (SSSR count). The lowest BCUT2D eigenvalue weighted by molar-refractivity contribution is 0.202. The van der Waals surface area contributed by atoms with Gasteiger partial charge in [0.2, 0.25) is 0 Å². The quantitative estimate of drug-likeness (QED) is 0.751. The van der Waals surface area contributed by atoms with E-state index in [9.17, 15) is 5.11 Å². The standard InChI is InChI=1S/C17H15N3O3/c21-10-11-23-14-9-5-4-8-13(14)16-18-15(19-17(22)20-16)12-6-2-1-3-7-12/h1-9,21H,10-11H2,(H,18,19,20,22). The Bertz CT molecular complexity index is 794. The number of aromatic hydroxyl groups is 1. The molecule has 2 N–H and O–H groups in total. The fourth-order valence-corrected chi connectivity index (χ4v) is 2.13. The predicted molar refractivity (Wildman–Crippen MR) is 84.9 cm³/mol. The van der Waals surface area contributed by atoms with Crippen LogP contribution in [0.25, 0.3) is 22.8 Å². The Kier molecular flexibility index (Phi) is 4.44. The van der Waals surface area contributed by atoms with Gasteiger partial charge in [-0.05, 0) is 12.1 Å². The topological polar surface area (TPSA) is 88.4 Å². The van der Waals surface area contributed by atoms with Crippen molar-refractivity contribution in [2.45, 2.75) is 0 Å². The molecule has 0 aliphatic carbocycles. The van der Waals surface area contributed by atoms with Crippen molar-refractivity contribution in [1.82, 2.24) is 15.0 Å². The van der Waals surface area contributed by atoms with Gasteiger partial charge in [-0.1, -0.05) is 42.5 Å². The van der Waals surface area contributed by atoms with E-state index in [1.807, 2.05) is 42.5 Å². The van der Waals surface area contributed by atoms with E-state index in [-0.39, 0.29) is 19.2 Å². The van der Waals surface area contributed by atoms with E-state index in [1.54, 1.807) is 12.1 Å². The highest BCUT2D eigenvalue weighted by Gasteiger charge is 2.13. The molecule has 0 aliphatic heterocycles. The van der Waals surface area contributed by atoms with Gasteiger partial charge in [-0.2, -0.15) is 9.97 Å². The van der Waals surface area contributed by atoms with Crippen LogP contribution >= 0.6 is 0 Å². The average Bonchev–Trinajstić information content (AvgIpc) is 2.60. The molecule has 0 fully saturated rings. The summed E-state index contributed by atoms with van der Waals surface area (Å²) >= 11 is 0. The second-order valence-corrected chi connectivity index (χ2v) is 4.72. The minimum absolute atomic E-state index is 0.0912. The van der Waals surface area contributed by atoms with Crippen LogP contribution in [0.1, 0.15) is 0 Å². The van der Waals surface area contributed by atoms with Gasteiger partial charge in [0.25, 0.3) is 0 Å². The number of hydrogen-bond donors (Lipinski definition) is 2. The Hall–Kier alpha value is -2.99. The van der Waals surface area contributed by atoms with Gasteiger partial charge in [0, 0.05) is 5.56 Å². The molecule has 1 heterocycles. The first kappa shape index (κ1) is 14.9. The van der Waals surface area contributed by atoms with Gasteiger partial charge >= 0.3 is 6.01 Å². The molecule has 116 valence electrons. The molecular weight excluding hydrogens is 294 g/mol. The lowest BCUT2D eigenvalue weighted by Gasteiger charge is -2.10. The molecule has 0 unspecified atom stereocenters. The van der Waals surface area contributed by atoms with Crippen LogP contribution in [0.4, 0.5) is 0 Å². The second kappa shape index (κ2) is 6.85. The molecule has 0 radical (unpaired) electrons. The second-order valence-electron chi connectivity index (χ2n) is 4.72. The van der Waals surface area contributed by atoms with Crippen molar-refractivity contribution in [1.29, 1.82) is 0 Å². The largest absolute Gasteiger partial charge is 0.490 e. The zero-order valence-corrected chi connectivity index (χ0v) is 12.3. The average molecular weight is 309 g/mol. The normalized spacial score (nSPS) is 10.5. The van der Waals surface area contributed by atoms with Crippen molar-refractivity contribution in [2.24, 2.45) is 0 Å². The van der Waals surface area contributed by atoms with Crippen molar-refractivity contribution in [3.05, 3.63) is 54.6 Å². The highest BCUT2D eigenvalue weighted by atomic mass is 16.5. The van der Waals surface area contributed by atoms with Gasteiger partial charge in [-0.15, -0.1) is 0 Å². The zero-order chi connectivity index (χ0) is 16.1. The van der Waals surface area contributed by atoms with E-state index in [2.05, 4.69) is 15.0 Å². The van der Waals surface area contributed by atoms with Gasteiger partial charge in [0.05, 0.1) is 12.2 Å². The van der Waals surface area contributed by atoms with Gasteiger partial charge in [-0.3, -0.25) is 0 Å². The summed E-state index contributed by atoms with van der Waals surface area (Å²) in [4.78, 5) is 12.4. The summed E-state index contributed by atoms with van der Waals surface area (Å²) in [7, 11) is 0. The molecular formula is C17H15N3O3. The Morgan fingerprint density at radius 1 is 0.826 bits per heavy atom. The van der Waals surface area contributed by atoms with Crippen LogP contribution in [0.15, 0.2) is 54.6 Å². The third kappa shape index (κ3) is 3.44. The predicted octanol–water partition coefficient (Wildman–Crippen LogP) is 2.28. The number of hydrogen-bond acceptors (Lipinski definition) is 6. The molecule has 2 aromatic carbocycles. The summed E-state index contributed by atoms with van der Waals surface area (Å²) in [6, 6.07) is 16.2. The van der Waals surface area contributed by atoms with Crippen LogP contribution in [0, 0.1) is 0 Å². The van der Waals surface area contributed by atoms with Crippen molar-refractivity contribution < 1.29 is 14.9 Å². The molecule has 0 saturated heterocycles. The van der Waals surface area contributed by atoms with Gasteiger partial charge in [0.15, 0.2) is 11.6 Å². The summed E-state index contributed by atoms with van der Waals surface area (Å²) < 4.78 is 5.49. The fourth-order valence-electron chi connectivity index (χ4n) is 2.13. The molecule has 0 spiro atoms. The first-order valence-electron chi connectivity index (χ1n) is 7.11. The van der Waals surface area contributed by atoms with Crippen molar-refractivity contribution >= 4 is 0 Å². The molecule has 6 nitrogen and oxygen atoms in total. The Balaban J connectivity index is 2.06. The molecule has 1 aromatic heterocycles. The third-order valence-corrected chi connectivity index (χ3v) is 3.13. The maximum Gasteiger partial charge on any atom is 0.318 e. The Labute approximate surface area is 133 Å². The first-order chi connectivity index (χ1) is 11.3. The van der Waals surface area contributed by atoms with E-state index >= 15 is 0 Å². The highest BCUT2D eigenvalue weighted by Crippen LogP contribution is 2.29. The number of nitrogens with zero attached hydrogens (tertiary/aromatic N) is 3. The summed E-state index contributed by atoms with van der Waals surface area (Å²) in [5, 5.41) is 18.8. The van der Waals surface area contributed by atoms with Gasteiger partial charge in [-0.25, -0.2) is 4.98 Å². The minimum Gasteiger partial charge on any atom is -0.490 e. The van der Waals surface area contributed by atoms with Gasteiger partial charge < -0.3 is 14.9 Å². The van der Waals surface area contributed by atoms with Crippen LogP contribution < -0.4 is 4.74 Å². The number of benzene rings is 2. The summed E-state index contributed by atoms with van der Waals surface area (Å²) in [6.45, 7) is 0.0751. The molecule has 23 heavy (non-hydrogen) atoms. The van der Waals surface area contributed by atoms with E-state index < -0.39 is 0 Å². The fraction of sp³-hybridized carbons (Fsp3) is 0.118. The molecule has 0 saturated carbocycles. The molecule has 0 amide bonds. The lowest BCUT2D eigenvalue weighted by atomic mass is 10.1. The van der Waals surface area contributed by atoms with Crippen molar-refractivity contribution in [3.63, 3.8) is 0 Å². The van der Waals surface area contributed by atoms with Crippen molar-refractivity contribution in [3.8, 4) is 34.5 Å². The first-order valence-corrected chi connectivity index (χ1v) is 7.11. The summed E-state index contributed by atoms with van der Waals surface area (Å²) in [6.07, 6.45) is 0. The van der Waals surface area contributed by atoms with Crippen LogP contribution in [-0.4, -0.2) is 38.4 Å². The van der Waals surface area contributed by atoms with E-state index in [0.29, 0.717) is 23.0 Å². The van der Waals surface area contributed by atoms with Gasteiger partial charge in [0.1, 0.15) is 12.4 Å². The number of aromatic nitrogens is 3. The lowest BCUT2D eigenvalue weighted by Crippen LogP contribution is -2.04. The Morgan fingerprint density at radius 2 is 1.52 bits per heavy atom.